The molecule has 1 saturated carbocycles. The van der Waals surface area contributed by atoms with Crippen LogP contribution in [0, 0.1) is 5.92 Å². The van der Waals surface area contributed by atoms with Gasteiger partial charge in [-0.15, -0.1) is 0 Å². The van der Waals surface area contributed by atoms with E-state index in [0.29, 0.717) is 32.2 Å². The number of nitrogens with one attached hydrogen (secondary N) is 1. The molecule has 3 unspecified atom stereocenters. The van der Waals surface area contributed by atoms with Crippen molar-refractivity contribution in [3.8, 4) is 11.1 Å². The van der Waals surface area contributed by atoms with Gasteiger partial charge in [-0.1, -0.05) is 61.4 Å². The second-order valence-electron chi connectivity index (χ2n) is 10.2. The maximum absolute atomic E-state index is 13.4. The number of carbonyl (C=O) groups excluding carboxylic acids is 2. The fourth-order valence-corrected chi connectivity index (χ4v) is 6.23. The van der Waals surface area contributed by atoms with E-state index in [1.54, 1.807) is 0 Å². The average Bonchev–Trinajstić information content (AvgIpc) is 3.46. The van der Waals surface area contributed by atoms with E-state index in [9.17, 15) is 19.5 Å². The van der Waals surface area contributed by atoms with Gasteiger partial charge in [-0.2, -0.15) is 0 Å². The summed E-state index contributed by atoms with van der Waals surface area (Å²) < 4.78 is 5.75. The first-order valence-corrected chi connectivity index (χ1v) is 12.6. The summed E-state index contributed by atoms with van der Waals surface area (Å²) in [4.78, 5) is 39.6. The molecule has 2 aromatic rings. The van der Waals surface area contributed by atoms with Gasteiger partial charge in [-0.3, -0.25) is 4.79 Å². The molecule has 5 rings (SSSR count). The number of aliphatic carboxylic acids is 1. The summed E-state index contributed by atoms with van der Waals surface area (Å²) in [5.41, 5.74) is 3.85. The molecule has 0 aromatic heterocycles. The van der Waals surface area contributed by atoms with Gasteiger partial charge in [0.1, 0.15) is 12.6 Å². The Labute approximate surface area is 205 Å². The predicted octanol–water partition coefficient (Wildman–Crippen LogP) is 4.55. The Hall–Kier alpha value is -3.35. The number of carboxylic acids is 1. The van der Waals surface area contributed by atoms with Crippen LogP contribution in [0.3, 0.4) is 0 Å². The van der Waals surface area contributed by atoms with Gasteiger partial charge in [0.05, 0.1) is 11.5 Å². The zero-order valence-electron chi connectivity index (χ0n) is 20.0. The number of hydrogen-bond donors (Lipinski definition) is 2. The maximum atomic E-state index is 13.4. The second kappa shape index (κ2) is 9.36. The Morgan fingerprint density at radius 2 is 1.66 bits per heavy atom. The topological polar surface area (TPSA) is 95.9 Å². The van der Waals surface area contributed by atoms with E-state index in [1.165, 1.54) is 16.0 Å². The number of rotatable bonds is 5. The highest BCUT2D eigenvalue weighted by atomic mass is 16.5. The van der Waals surface area contributed by atoms with E-state index in [-0.39, 0.29) is 18.4 Å². The molecule has 1 heterocycles. The molecule has 0 bridgehead atoms. The number of amides is 2. The van der Waals surface area contributed by atoms with Crippen molar-refractivity contribution in [2.75, 3.05) is 13.2 Å². The van der Waals surface area contributed by atoms with E-state index >= 15 is 0 Å². The van der Waals surface area contributed by atoms with Crippen molar-refractivity contribution in [2.45, 2.75) is 62.9 Å². The van der Waals surface area contributed by atoms with Crippen LogP contribution in [0.5, 0.6) is 0 Å². The van der Waals surface area contributed by atoms with Crippen molar-refractivity contribution in [1.29, 1.82) is 0 Å². The van der Waals surface area contributed by atoms with Gasteiger partial charge in [0.15, 0.2) is 0 Å². The van der Waals surface area contributed by atoms with Gasteiger partial charge < -0.3 is 20.1 Å². The second-order valence-corrected chi connectivity index (χ2v) is 10.2. The molecule has 1 saturated heterocycles. The summed E-state index contributed by atoms with van der Waals surface area (Å²) in [6, 6.07) is 15.6. The number of hydrogen-bond acceptors (Lipinski definition) is 4. The predicted molar refractivity (Wildman–Crippen MR) is 131 cm³/mol. The highest BCUT2D eigenvalue weighted by Crippen LogP contribution is 2.44. The van der Waals surface area contributed by atoms with E-state index in [0.717, 1.165) is 24.0 Å². The summed E-state index contributed by atoms with van der Waals surface area (Å²) in [5, 5.41) is 12.5. The zero-order chi connectivity index (χ0) is 24.6. The van der Waals surface area contributed by atoms with Crippen LogP contribution in [0.25, 0.3) is 11.1 Å². The number of carbonyl (C=O) groups is 3. The molecule has 3 aliphatic rings. The van der Waals surface area contributed by atoms with E-state index < -0.39 is 29.6 Å². The van der Waals surface area contributed by atoms with Gasteiger partial charge in [0.25, 0.3) is 0 Å². The van der Waals surface area contributed by atoms with Crippen LogP contribution in [0.4, 0.5) is 4.79 Å². The number of fused-ring (bicyclic) bond motifs is 3. The molecule has 0 radical (unpaired) electrons. The lowest BCUT2D eigenvalue weighted by Gasteiger charge is -2.42. The van der Waals surface area contributed by atoms with E-state index in [4.69, 9.17) is 4.74 Å². The number of ether oxygens (including phenoxy) is 1. The fraction of sp³-hybridized carbons (Fsp3) is 0.464. The summed E-state index contributed by atoms with van der Waals surface area (Å²) in [6.07, 6.45) is 3.68. The molecule has 2 aromatic carbocycles. The standard InChI is InChI=1S/C28H32N2O5/c1-28(15-7-6-13-23(28)25(31)30-16-8-14-24(30)26(32)33)29-27(34)35-17-22-20-11-4-2-9-18(20)19-10-3-5-12-21(19)22/h2-5,9-12,22-24H,6-8,13-17H2,1H3,(H,29,34)(H,32,33). The minimum atomic E-state index is -0.960. The SMILES string of the molecule is CC1(NC(=O)OCC2c3ccccc3-c3ccccc32)CCCCC1C(=O)N1CCCC1C(=O)O. The Bertz CT molecular complexity index is 1100. The van der Waals surface area contributed by atoms with E-state index in [2.05, 4.69) is 29.6 Å². The first kappa shape index (κ1) is 23.4. The van der Waals surface area contributed by atoms with Crippen molar-refractivity contribution in [1.82, 2.24) is 10.2 Å². The molecule has 35 heavy (non-hydrogen) atoms. The number of nitrogens with zero attached hydrogens (tertiary/aromatic N) is 1. The molecule has 2 fully saturated rings. The molecule has 184 valence electrons. The highest BCUT2D eigenvalue weighted by Gasteiger charge is 2.47. The van der Waals surface area contributed by atoms with Crippen LogP contribution < -0.4 is 5.32 Å². The van der Waals surface area contributed by atoms with Crippen LogP contribution >= 0.6 is 0 Å². The molecule has 1 aliphatic heterocycles. The van der Waals surface area contributed by atoms with Gasteiger partial charge in [0, 0.05) is 12.5 Å². The smallest absolute Gasteiger partial charge is 0.407 e. The Balaban J connectivity index is 1.28. The van der Waals surface area contributed by atoms with Crippen LogP contribution in [0.2, 0.25) is 0 Å². The lowest BCUT2D eigenvalue weighted by atomic mass is 9.73. The molecule has 3 atom stereocenters. The van der Waals surface area contributed by atoms with E-state index in [1.807, 2.05) is 31.2 Å². The van der Waals surface area contributed by atoms with Crippen LogP contribution in [-0.4, -0.2) is 52.7 Å². The van der Waals surface area contributed by atoms with Gasteiger partial charge in [0.2, 0.25) is 5.91 Å². The first-order valence-electron chi connectivity index (χ1n) is 12.6. The van der Waals surface area contributed by atoms with Crippen LogP contribution in [0.15, 0.2) is 48.5 Å². The molecule has 7 heteroatoms. The Kier molecular flexibility index (Phi) is 6.26. The molecule has 2 N–H and O–H groups in total. The van der Waals surface area contributed by atoms with Crippen molar-refractivity contribution in [3.63, 3.8) is 0 Å². The summed E-state index contributed by atoms with van der Waals surface area (Å²) in [6.45, 7) is 2.55. The minimum Gasteiger partial charge on any atom is -0.480 e. The van der Waals surface area contributed by atoms with Crippen LogP contribution in [-0.2, 0) is 14.3 Å². The monoisotopic (exact) mass is 476 g/mol. The molecule has 0 spiro atoms. The van der Waals surface area contributed by atoms with Crippen LogP contribution in [0.1, 0.15) is 62.5 Å². The molecular weight excluding hydrogens is 444 g/mol. The molecule has 7 nitrogen and oxygen atoms in total. The first-order chi connectivity index (χ1) is 16.9. The summed E-state index contributed by atoms with van der Waals surface area (Å²) in [5.74, 6) is -1.63. The Morgan fingerprint density at radius 1 is 1.00 bits per heavy atom. The highest BCUT2D eigenvalue weighted by molar-refractivity contribution is 5.87. The number of benzene rings is 2. The Morgan fingerprint density at radius 3 is 2.31 bits per heavy atom. The van der Waals surface area contributed by atoms with Crippen molar-refractivity contribution >= 4 is 18.0 Å². The largest absolute Gasteiger partial charge is 0.480 e. The maximum Gasteiger partial charge on any atom is 0.407 e. The van der Waals surface area contributed by atoms with Gasteiger partial charge >= 0.3 is 12.1 Å². The number of carboxylic acid groups (broad SMARTS) is 1. The molecule has 2 amide bonds. The summed E-state index contributed by atoms with van der Waals surface area (Å²) >= 11 is 0. The zero-order valence-corrected chi connectivity index (χ0v) is 20.0. The third-order valence-corrected chi connectivity index (χ3v) is 8.06. The lowest BCUT2D eigenvalue weighted by molar-refractivity contribution is -0.151. The third-order valence-electron chi connectivity index (χ3n) is 8.06. The van der Waals surface area contributed by atoms with Crippen molar-refractivity contribution in [3.05, 3.63) is 59.7 Å². The minimum absolute atomic E-state index is 0.0364. The third kappa shape index (κ3) is 4.28. The normalized spacial score (nSPS) is 25.6. The quantitative estimate of drug-likeness (QED) is 0.660. The molecular formula is C28H32N2O5. The molecule has 2 aliphatic carbocycles. The fourth-order valence-electron chi connectivity index (χ4n) is 6.23. The van der Waals surface area contributed by atoms with Crippen molar-refractivity contribution in [2.24, 2.45) is 5.92 Å². The number of alkyl carbamates (subject to hydrolysis) is 1. The average molecular weight is 477 g/mol. The van der Waals surface area contributed by atoms with Gasteiger partial charge in [-0.25, -0.2) is 9.59 Å². The lowest BCUT2D eigenvalue weighted by Crippen LogP contribution is -2.59. The summed E-state index contributed by atoms with van der Waals surface area (Å²) in [7, 11) is 0. The van der Waals surface area contributed by atoms with Gasteiger partial charge in [-0.05, 0) is 54.9 Å². The van der Waals surface area contributed by atoms with Crippen molar-refractivity contribution < 1.29 is 24.2 Å². The number of likely N-dealkylation sites (tertiary alicyclic amines) is 1.